The number of anilines is 3. The molecule has 2 N–H and O–H groups in total. The van der Waals surface area contributed by atoms with Gasteiger partial charge in [-0.15, -0.1) is 0 Å². The van der Waals surface area contributed by atoms with Gasteiger partial charge in [-0.05, 0) is 12.1 Å². The highest BCUT2D eigenvalue weighted by Gasteiger charge is 2.07. The largest absolute Gasteiger partial charge is 0.494 e. The Labute approximate surface area is 114 Å². The van der Waals surface area contributed by atoms with Gasteiger partial charge >= 0.3 is 0 Å². The molecule has 0 aliphatic heterocycles. The fourth-order valence-corrected chi connectivity index (χ4v) is 1.59. The Balaban J connectivity index is 2.28. The van der Waals surface area contributed by atoms with Crippen molar-refractivity contribution in [3.8, 4) is 5.75 Å². The number of nitrogens with one attached hydrogen (secondary N) is 2. The van der Waals surface area contributed by atoms with Gasteiger partial charge < -0.3 is 15.4 Å². The molecular formula is C12H12ClFN4O. The third-order valence-electron chi connectivity index (χ3n) is 2.38. The van der Waals surface area contributed by atoms with E-state index >= 15 is 0 Å². The summed E-state index contributed by atoms with van der Waals surface area (Å²) in [7, 11) is 3.10. The van der Waals surface area contributed by atoms with Crippen molar-refractivity contribution in [2.24, 2.45) is 0 Å². The molecule has 1 heterocycles. The molecule has 0 unspecified atom stereocenters. The van der Waals surface area contributed by atoms with Gasteiger partial charge in [0.1, 0.15) is 5.02 Å². The number of rotatable bonds is 4. The summed E-state index contributed by atoms with van der Waals surface area (Å²) in [5.41, 5.74) is 0.515. The highest BCUT2D eigenvalue weighted by Crippen LogP contribution is 2.26. The lowest BCUT2D eigenvalue weighted by atomic mass is 10.3. The van der Waals surface area contributed by atoms with E-state index < -0.39 is 5.82 Å². The molecule has 19 heavy (non-hydrogen) atoms. The summed E-state index contributed by atoms with van der Waals surface area (Å²) in [6.45, 7) is 0. The molecule has 5 nitrogen and oxygen atoms in total. The summed E-state index contributed by atoms with van der Waals surface area (Å²) in [6.07, 6.45) is 1.46. The molecule has 0 bridgehead atoms. The van der Waals surface area contributed by atoms with Crippen LogP contribution in [0.5, 0.6) is 5.75 Å². The highest BCUT2D eigenvalue weighted by molar-refractivity contribution is 6.32. The van der Waals surface area contributed by atoms with Crippen LogP contribution in [0, 0.1) is 5.82 Å². The van der Waals surface area contributed by atoms with Crippen LogP contribution in [0.4, 0.5) is 21.8 Å². The topological polar surface area (TPSA) is 59.1 Å². The van der Waals surface area contributed by atoms with Gasteiger partial charge in [0.05, 0.1) is 13.3 Å². The van der Waals surface area contributed by atoms with Gasteiger partial charge in [-0.1, -0.05) is 11.6 Å². The van der Waals surface area contributed by atoms with Crippen molar-refractivity contribution in [1.29, 1.82) is 0 Å². The van der Waals surface area contributed by atoms with E-state index in [4.69, 9.17) is 16.3 Å². The lowest BCUT2D eigenvalue weighted by Crippen LogP contribution is -2.01. The van der Waals surface area contributed by atoms with Gasteiger partial charge in [-0.2, -0.15) is 4.98 Å². The number of ether oxygens (including phenoxy) is 1. The zero-order valence-corrected chi connectivity index (χ0v) is 11.1. The van der Waals surface area contributed by atoms with E-state index in [2.05, 4.69) is 20.6 Å². The van der Waals surface area contributed by atoms with E-state index in [0.29, 0.717) is 22.5 Å². The van der Waals surface area contributed by atoms with Crippen LogP contribution < -0.4 is 15.4 Å². The van der Waals surface area contributed by atoms with E-state index in [1.54, 1.807) is 13.1 Å². The molecule has 0 radical (unpaired) electrons. The average Bonchev–Trinajstić information content (AvgIpc) is 2.41. The van der Waals surface area contributed by atoms with Crippen molar-refractivity contribution in [2.45, 2.75) is 0 Å². The van der Waals surface area contributed by atoms with Gasteiger partial charge in [0, 0.05) is 18.8 Å². The number of halogens is 2. The van der Waals surface area contributed by atoms with E-state index in [1.165, 1.54) is 25.4 Å². The van der Waals surface area contributed by atoms with Crippen molar-refractivity contribution in [2.75, 3.05) is 24.8 Å². The zero-order chi connectivity index (χ0) is 13.8. The predicted octanol–water partition coefficient (Wildman–Crippen LogP) is 3.06. The molecule has 0 fully saturated rings. The molecule has 2 rings (SSSR count). The number of methoxy groups -OCH3 is 1. The Hall–Kier alpha value is -2.08. The van der Waals surface area contributed by atoms with Crippen molar-refractivity contribution < 1.29 is 9.13 Å². The third kappa shape index (κ3) is 3.03. The molecule has 0 aliphatic rings. The first-order chi connectivity index (χ1) is 9.13. The summed E-state index contributed by atoms with van der Waals surface area (Å²) in [6, 6.07) is 4.49. The van der Waals surface area contributed by atoms with Crippen LogP contribution in [0.1, 0.15) is 0 Å². The molecule has 1 aromatic carbocycles. The van der Waals surface area contributed by atoms with E-state index in [0.717, 1.165) is 0 Å². The van der Waals surface area contributed by atoms with Gasteiger partial charge in [-0.25, -0.2) is 9.37 Å². The summed E-state index contributed by atoms with van der Waals surface area (Å²) in [5, 5.41) is 6.06. The van der Waals surface area contributed by atoms with Gasteiger partial charge in [0.15, 0.2) is 17.4 Å². The monoisotopic (exact) mass is 282 g/mol. The van der Waals surface area contributed by atoms with Crippen LogP contribution in [-0.2, 0) is 0 Å². The summed E-state index contributed by atoms with van der Waals surface area (Å²) in [4.78, 5) is 8.10. The first-order valence-electron chi connectivity index (χ1n) is 5.45. The van der Waals surface area contributed by atoms with E-state index in [1.807, 2.05) is 0 Å². The predicted molar refractivity (Wildman–Crippen MR) is 72.8 cm³/mol. The van der Waals surface area contributed by atoms with Crippen molar-refractivity contribution >= 4 is 29.1 Å². The van der Waals surface area contributed by atoms with Crippen LogP contribution in [0.15, 0.2) is 24.4 Å². The van der Waals surface area contributed by atoms with Crippen LogP contribution in [-0.4, -0.2) is 24.1 Å². The summed E-state index contributed by atoms with van der Waals surface area (Å²) < 4.78 is 18.4. The highest BCUT2D eigenvalue weighted by atomic mass is 35.5. The van der Waals surface area contributed by atoms with Gasteiger partial charge in [-0.3, -0.25) is 0 Å². The first-order valence-corrected chi connectivity index (χ1v) is 5.82. The third-order valence-corrected chi connectivity index (χ3v) is 2.66. The Morgan fingerprint density at radius 2 is 2.16 bits per heavy atom. The lowest BCUT2D eigenvalue weighted by molar-refractivity contribution is 0.386. The number of nitrogens with zero attached hydrogens (tertiary/aromatic N) is 2. The Morgan fingerprint density at radius 3 is 2.79 bits per heavy atom. The average molecular weight is 283 g/mol. The SMILES string of the molecule is CNc1ncc(Cl)c(Nc2ccc(OC)c(F)c2)n1. The van der Waals surface area contributed by atoms with E-state index in [-0.39, 0.29) is 5.75 Å². The van der Waals surface area contributed by atoms with Crippen molar-refractivity contribution in [3.63, 3.8) is 0 Å². The lowest BCUT2D eigenvalue weighted by Gasteiger charge is -2.09. The molecule has 0 saturated carbocycles. The van der Waals surface area contributed by atoms with E-state index in [9.17, 15) is 4.39 Å². The normalized spacial score (nSPS) is 10.1. The second-order valence-corrected chi connectivity index (χ2v) is 4.02. The Morgan fingerprint density at radius 1 is 1.37 bits per heavy atom. The molecule has 0 aliphatic carbocycles. The molecule has 1 aromatic heterocycles. The number of hydrogen-bond acceptors (Lipinski definition) is 5. The number of hydrogen-bond donors (Lipinski definition) is 2. The fraction of sp³-hybridized carbons (Fsp3) is 0.167. The standard InChI is InChI=1S/C12H12ClFN4O/c1-15-12-16-6-8(13)11(18-12)17-7-3-4-10(19-2)9(14)5-7/h3-6H,1-2H3,(H2,15,16,17,18). The molecule has 0 amide bonds. The quantitative estimate of drug-likeness (QED) is 0.902. The Kier molecular flexibility index (Phi) is 4.01. The second-order valence-electron chi connectivity index (χ2n) is 3.61. The zero-order valence-electron chi connectivity index (χ0n) is 10.4. The summed E-state index contributed by atoms with van der Waals surface area (Å²) >= 11 is 5.97. The van der Waals surface area contributed by atoms with Crippen LogP contribution in [0.2, 0.25) is 5.02 Å². The molecule has 0 spiro atoms. The molecular weight excluding hydrogens is 271 g/mol. The van der Waals surface area contributed by atoms with Crippen LogP contribution in [0.25, 0.3) is 0 Å². The van der Waals surface area contributed by atoms with Crippen LogP contribution >= 0.6 is 11.6 Å². The van der Waals surface area contributed by atoms with Gasteiger partial charge in [0.25, 0.3) is 0 Å². The minimum Gasteiger partial charge on any atom is -0.494 e. The second kappa shape index (κ2) is 5.71. The number of aromatic nitrogens is 2. The minimum atomic E-state index is -0.466. The first kappa shape index (κ1) is 13.4. The van der Waals surface area contributed by atoms with Crippen molar-refractivity contribution in [1.82, 2.24) is 9.97 Å². The maximum Gasteiger partial charge on any atom is 0.224 e. The van der Waals surface area contributed by atoms with Gasteiger partial charge in [0.2, 0.25) is 5.95 Å². The molecule has 7 heteroatoms. The molecule has 2 aromatic rings. The van der Waals surface area contributed by atoms with Crippen LogP contribution in [0.3, 0.4) is 0 Å². The number of benzene rings is 1. The fourth-order valence-electron chi connectivity index (χ4n) is 1.46. The van der Waals surface area contributed by atoms with Crippen molar-refractivity contribution in [3.05, 3.63) is 35.2 Å². The molecule has 0 saturated heterocycles. The maximum absolute atomic E-state index is 13.6. The smallest absolute Gasteiger partial charge is 0.224 e. The molecule has 100 valence electrons. The Bertz CT molecular complexity index is 594. The molecule has 0 atom stereocenters. The summed E-state index contributed by atoms with van der Waals surface area (Å²) in [5.74, 6) is 0.522. The maximum atomic E-state index is 13.6. The minimum absolute atomic E-state index is 0.176.